The highest BCUT2D eigenvalue weighted by molar-refractivity contribution is 6.06. The van der Waals surface area contributed by atoms with Crippen molar-refractivity contribution >= 4 is 29.0 Å². The van der Waals surface area contributed by atoms with Gasteiger partial charge in [0.2, 0.25) is 6.41 Å². The lowest BCUT2D eigenvalue weighted by atomic mass is 10.0. The first-order valence-corrected chi connectivity index (χ1v) is 10.3. The van der Waals surface area contributed by atoms with Gasteiger partial charge in [-0.1, -0.05) is 37.3 Å². The summed E-state index contributed by atoms with van der Waals surface area (Å²) in [4.78, 5) is 15.6. The minimum atomic E-state index is -0.131. The lowest BCUT2D eigenvalue weighted by Crippen LogP contribution is -2.28. The van der Waals surface area contributed by atoms with Crippen LogP contribution in [0.4, 0.5) is 5.69 Å². The van der Waals surface area contributed by atoms with E-state index in [0.717, 1.165) is 34.1 Å². The van der Waals surface area contributed by atoms with Gasteiger partial charge in [-0.05, 0) is 44.0 Å². The summed E-state index contributed by atoms with van der Waals surface area (Å²) in [6.45, 7) is 7.01. The summed E-state index contributed by atoms with van der Waals surface area (Å²) in [5, 5.41) is 14.0. The number of benzene rings is 2. The molecule has 1 unspecified atom stereocenters. The summed E-state index contributed by atoms with van der Waals surface area (Å²) in [7, 11) is 0. The Morgan fingerprint density at radius 3 is 2.74 bits per heavy atom. The molecule has 162 valence electrons. The van der Waals surface area contributed by atoms with Gasteiger partial charge in [-0.3, -0.25) is 15.5 Å². The van der Waals surface area contributed by atoms with Crippen LogP contribution in [0.15, 0.2) is 48.5 Å². The molecule has 31 heavy (non-hydrogen) atoms. The fourth-order valence-corrected chi connectivity index (χ4v) is 3.22. The number of aryl methyl sites for hydroxylation is 1. The average Bonchev–Trinajstić information content (AvgIpc) is 2.76. The summed E-state index contributed by atoms with van der Waals surface area (Å²) in [6.07, 6.45) is 1.59. The van der Waals surface area contributed by atoms with Crippen molar-refractivity contribution < 1.29 is 14.3 Å². The third kappa shape index (κ3) is 5.58. The lowest BCUT2D eigenvalue weighted by Gasteiger charge is -2.17. The largest absolute Gasteiger partial charge is 0.490 e. The maximum absolute atomic E-state index is 10.8. The SMILES string of the molecule is CCC(C)OCCOc1cccc2nc(-c3ccccc3C)cc(NC(=N)NC=O)c12. The molecule has 2 aromatic carbocycles. The van der Waals surface area contributed by atoms with Gasteiger partial charge < -0.3 is 14.8 Å². The number of rotatable bonds is 9. The maximum atomic E-state index is 10.8. The average molecular weight is 421 g/mol. The molecule has 3 N–H and O–H groups in total. The minimum Gasteiger partial charge on any atom is -0.490 e. The summed E-state index contributed by atoms with van der Waals surface area (Å²) < 4.78 is 11.7. The molecule has 3 rings (SSSR count). The molecule has 0 fully saturated rings. The number of guanidine groups is 1. The first-order chi connectivity index (χ1) is 15.0. The first-order valence-electron chi connectivity index (χ1n) is 10.3. The van der Waals surface area contributed by atoms with Gasteiger partial charge in [-0.15, -0.1) is 0 Å². The zero-order valence-electron chi connectivity index (χ0n) is 18.1. The molecule has 0 aliphatic heterocycles. The normalized spacial score (nSPS) is 11.7. The Kier molecular flexibility index (Phi) is 7.56. The number of nitrogens with one attached hydrogen (secondary N) is 3. The molecule has 0 aliphatic rings. The van der Waals surface area contributed by atoms with E-state index < -0.39 is 0 Å². The van der Waals surface area contributed by atoms with Gasteiger partial charge in [-0.25, -0.2) is 4.98 Å². The molecule has 0 saturated carbocycles. The van der Waals surface area contributed by atoms with Crippen LogP contribution in [0.5, 0.6) is 5.75 Å². The Morgan fingerprint density at radius 2 is 2.00 bits per heavy atom. The van der Waals surface area contributed by atoms with E-state index in [1.807, 2.05) is 62.4 Å². The van der Waals surface area contributed by atoms with Crippen molar-refractivity contribution in [3.8, 4) is 17.0 Å². The van der Waals surface area contributed by atoms with Gasteiger partial charge >= 0.3 is 0 Å². The van der Waals surface area contributed by atoms with Crippen molar-refractivity contribution in [1.29, 1.82) is 5.41 Å². The predicted octanol–water partition coefficient (Wildman–Crippen LogP) is 4.50. The summed E-state index contributed by atoms with van der Waals surface area (Å²) in [6, 6.07) is 15.5. The van der Waals surface area contributed by atoms with Crippen LogP contribution in [-0.4, -0.2) is 36.7 Å². The zero-order valence-corrected chi connectivity index (χ0v) is 18.1. The van der Waals surface area contributed by atoms with Crippen molar-refractivity contribution in [2.45, 2.75) is 33.3 Å². The molecule has 1 aromatic heterocycles. The Balaban J connectivity index is 2.01. The van der Waals surface area contributed by atoms with Crippen molar-refractivity contribution in [1.82, 2.24) is 10.3 Å². The molecule has 3 aromatic rings. The Bertz CT molecular complexity index is 1070. The number of anilines is 1. The molecule has 7 heteroatoms. The number of nitrogens with zero attached hydrogens (tertiary/aromatic N) is 1. The summed E-state index contributed by atoms with van der Waals surface area (Å²) >= 11 is 0. The minimum absolute atomic E-state index is 0.131. The Labute approximate surface area is 182 Å². The molecule has 1 atom stereocenters. The van der Waals surface area contributed by atoms with E-state index in [4.69, 9.17) is 19.9 Å². The number of hydrogen-bond donors (Lipinski definition) is 3. The number of hydrogen-bond acceptors (Lipinski definition) is 5. The summed E-state index contributed by atoms with van der Waals surface area (Å²) in [5.41, 5.74) is 4.21. The van der Waals surface area contributed by atoms with Crippen LogP contribution >= 0.6 is 0 Å². The maximum Gasteiger partial charge on any atom is 0.213 e. The van der Waals surface area contributed by atoms with Crippen LogP contribution in [0.2, 0.25) is 0 Å². The molecule has 0 radical (unpaired) electrons. The number of carbonyl (C=O) groups is 1. The van der Waals surface area contributed by atoms with E-state index in [9.17, 15) is 4.79 Å². The highest BCUT2D eigenvalue weighted by Gasteiger charge is 2.14. The van der Waals surface area contributed by atoms with Crippen LogP contribution in [0, 0.1) is 12.3 Å². The van der Waals surface area contributed by atoms with Crippen LogP contribution in [-0.2, 0) is 9.53 Å². The fraction of sp³-hybridized carbons (Fsp3) is 0.292. The highest BCUT2D eigenvalue weighted by Crippen LogP contribution is 2.35. The Hall–Kier alpha value is -3.45. The van der Waals surface area contributed by atoms with Crippen LogP contribution in [0.25, 0.3) is 22.2 Å². The van der Waals surface area contributed by atoms with Gasteiger partial charge in [0.05, 0.1) is 35.0 Å². The van der Waals surface area contributed by atoms with E-state index in [2.05, 4.69) is 17.6 Å². The fourth-order valence-electron chi connectivity index (χ4n) is 3.22. The van der Waals surface area contributed by atoms with Crippen LogP contribution in [0.1, 0.15) is 25.8 Å². The lowest BCUT2D eigenvalue weighted by molar-refractivity contribution is -0.108. The zero-order chi connectivity index (χ0) is 22.2. The first kappa shape index (κ1) is 22.2. The summed E-state index contributed by atoms with van der Waals surface area (Å²) in [5.74, 6) is 0.503. The second-order valence-electron chi connectivity index (χ2n) is 7.22. The van der Waals surface area contributed by atoms with Crippen molar-refractivity contribution in [2.24, 2.45) is 0 Å². The Morgan fingerprint density at radius 1 is 1.19 bits per heavy atom. The number of amides is 1. The quantitative estimate of drug-likeness (QED) is 0.205. The second-order valence-corrected chi connectivity index (χ2v) is 7.22. The molecule has 1 amide bonds. The van der Waals surface area contributed by atoms with E-state index >= 15 is 0 Å². The second kappa shape index (κ2) is 10.5. The smallest absolute Gasteiger partial charge is 0.213 e. The van der Waals surface area contributed by atoms with Gasteiger partial charge in [-0.2, -0.15) is 0 Å². The monoisotopic (exact) mass is 420 g/mol. The van der Waals surface area contributed by atoms with Crippen molar-refractivity contribution in [3.63, 3.8) is 0 Å². The molecule has 7 nitrogen and oxygen atoms in total. The number of pyridine rings is 1. The van der Waals surface area contributed by atoms with Crippen LogP contribution in [0.3, 0.4) is 0 Å². The third-order valence-corrected chi connectivity index (χ3v) is 5.00. The van der Waals surface area contributed by atoms with E-state index in [1.165, 1.54) is 0 Å². The number of fused-ring (bicyclic) bond motifs is 1. The van der Waals surface area contributed by atoms with Gasteiger partial charge in [0.25, 0.3) is 0 Å². The van der Waals surface area contributed by atoms with Gasteiger partial charge in [0, 0.05) is 5.56 Å². The van der Waals surface area contributed by atoms with E-state index in [-0.39, 0.29) is 12.1 Å². The topological polar surface area (TPSA) is 96.3 Å². The highest BCUT2D eigenvalue weighted by atomic mass is 16.5. The molecule has 0 spiro atoms. The predicted molar refractivity (Wildman–Crippen MR) is 124 cm³/mol. The van der Waals surface area contributed by atoms with Crippen LogP contribution < -0.4 is 15.4 Å². The standard InChI is InChI=1S/C24H28N4O3/c1-4-17(3)30-12-13-31-22-11-7-10-19-23(22)21(28-24(25)26-15-29)14-20(27-19)18-9-6-5-8-16(18)2/h5-11,14-15,17H,4,12-13H2,1-3H3,(H3,25,26,27,28,29). The number of carbonyl (C=O) groups excluding carboxylic acids is 1. The van der Waals surface area contributed by atoms with E-state index in [1.54, 1.807) is 0 Å². The van der Waals surface area contributed by atoms with Crippen molar-refractivity contribution in [2.75, 3.05) is 18.5 Å². The third-order valence-electron chi connectivity index (χ3n) is 5.00. The molecule has 0 saturated heterocycles. The van der Waals surface area contributed by atoms with Gasteiger partial charge in [0.1, 0.15) is 12.4 Å². The molecule has 1 heterocycles. The van der Waals surface area contributed by atoms with E-state index in [0.29, 0.717) is 31.1 Å². The molecular weight excluding hydrogens is 392 g/mol. The number of ether oxygens (including phenoxy) is 2. The van der Waals surface area contributed by atoms with Crippen molar-refractivity contribution in [3.05, 3.63) is 54.1 Å². The number of aromatic nitrogens is 1. The van der Waals surface area contributed by atoms with Gasteiger partial charge in [0.15, 0.2) is 5.96 Å². The molecular formula is C24H28N4O3. The molecule has 0 aliphatic carbocycles. The molecule has 0 bridgehead atoms.